The number of hydrogen-bond acceptors (Lipinski definition) is 2. The second-order valence-electron chi connectivity index (χ2n) is 4.33. The van der Waals surface area contributed by atoms with E-state index in [1.165, 1.54) is 37.7 Å². The molecule has 82 valence electrons. The summed E-state index contributed by atoms with van der Waals surface area (Å²) in [6, 6.07) is 6.00. The van der Waals surface area contributed by atoms with Gasteiger partial charge in [0.1, 0.15) is 5.75 Å². The maximum Gasteiger partial charge on any atom is 0.119 e. The Kier molecular flexibility index (Phi) is 3.14. The third-order valence-corrected chi connectivity index (χ3v) is 3.34. The standard InChI is InChI=1S/C13H19NO/c1-15-11-7-8-13(14)12(9-11)10-5-3-2-4-6-10/h7-10H,2-6,14H2,1H3. The van der Waals surface area contributed by atoms with Crippen LogP contribution < -0.4 is 10.5 Å². The minimum Gasteiger partial charge on any atom is -0.497 e. The number of hydrogen-bond donors (Lipinski definition) is 1. The monoisotopic (exact) mass is 205 g/mol. The van der Waals surface area contributed by atoms with E-state index in [-0.39, 0.29) is 0 Å². The zero-order valence-corrected chi connectivity index (χ0v) is 9.33. The summed E-state index contributed by atoms with van der Waals surface area (Å²) in [7, 11) is 1.70. The summed E-state index contributed by atoms with van der Waals surface area (Å²) in [4.78, 5) is 0. The van der Waals surface area contributed by atoms with Gasteiger partial charge in [-0.2, -0.15) is 0 Å². The number of ether oxygens (including phenoxy) is 1. The van der Waals surface area contributed by atoms with E-state index < -0.39 is 0 Å². The van der Waals surface area contributed by atoms with E-state index in [4.69, 9.17) is 10.5 Å². The lowest BCUT2D eigenvalue weighted by atomic mass is 9.83. The van der Waals surface area contributed by atoms with Crippen molar-refractivity contribution >= 4 is 5.69 Å². The van der Waals surface area contributed by atoms with Gasteiger partial charge < -0.3 is 10.5 Å². The Balaban J connectivity index is 2.24. The number of rotatable bonds is 2. The number of nitrogens with two attached hydrogens (primary N) is 1. The lowest BCUT2D eigenvalue weighted by molar-refractivity contribution is 0.410. The van der Waals surface area contributed by atoms with Gasteiger partial charge in [-0.1, -0.05) is 19.3 Å². The highest BCUT2D eigenvalue weighted by molar-refractivity contribution is 5.52. The average molecular weight is 205 g/mol. The van der Waals surface area contributed by atoms with Crippen LogP contribution in [0.5, 0.6) is 5.75 Å². The first-order valence-corrected chi connectivity index (χ1v) is 5.74. The molecule has 2 N–H and O–H groups in total. The number of benzene rings is 1. The molecule has 1 aliphatic carbocycles. The number of anilines is 1. The minimum absolute atomic E-state index is 0.647. The lowest BCUT2D eigenvalue weighted by Gasteiger charge is -2.23. The molecule has 1 aliphatic rings. The summed E-state index contributed by atoms with van der Waals surface area (Å²) in [5.41, 5.74) is 8.22. The van der Waals surface area contributed by atoms with E-state index in [9.17, 15) is 0 Å². The molecule has 0 aliphatic heterocycles. The van der Waals surface area contributed by atoms with Crippen LogP contribution in [-0.2, 0) is 0 Å². The van der Waals surface area contributed by atoms with E-state index in [2.05, 4.69) is 6.07 Å². The first-order chi connectivity index (χ1) is 7.31. The second kappa shape index (κ2) is 4.56. The predicted octanol–water partition coefficient (Wildman–Crippen LogP) is 3.33. The molecular formula is C13H19NO. The fourth-order valence-electron chi connectivity index (χ4n) is 2.45. The SMILES string of the molecule is COc1ccc(N)c(C2CCCCC2)c1. The average Bonchev–Trinajstić information content (AvgIpc) is 2.31. The molecule has 2 rings (SSSR count). The van der Waals surface area contributed by atoms with Gasteiger partial charge in [0.2, 0.25) is 0 Å². The van der Waals surface area contributed by atoms with Crippen molar-refractivity contribution in [2.45, 2.75) is 38.0 Å². The molecule has 1 aromatic rings. The Morgan fingerprint density at radius 3 is 2.60 bits per heavy atom. The molecule has 0 amide bonds. The Labute approximate surface area is 91.4 Å². The highest BCUT2D eigenvalue weighted by atomic mass is 16.5. The van der Waals surface area contributed by atoms with Gasteiger partial charge in [0.25, 0.3) is 0 Å². The second-order valence-corrected chi connectivity index (χ2v) is 4.33. The minimum atomic E-state index is 0.647. The largest absolute Gasteiger partial charge is 0.497 e. The maximum atomic E-state index is 6.02. The van der Waals surface area contributed by atoms with E-state index in [1.807, 2.05) is 12.1 Å². The van der Waals surface area contributed by atoms with E-state index in [0.717, 1.165) is 11.4 Å². The third-order valence-electron chi connectivity index (χ3n) is 3.34. The van der Waals surface area contributed by atoms with Gasteiger partial charge in [0, 0.05) is 5.69 Å². The van der Waals surface area contributed by atoms with Crippen molar-refractivity contribution in [2.24, 2.45) is 0 Å². The predicted molar refractivity (Wildman–Crippen MR) is 63.2 cm³/mol. The van der Waals surface area contributed by atoms with Gasteiger partial charge in [-0.25, -0.2) is 0 Å². The van der Waals surface area contributed by atoms with Crippen LogP contribution in [-0.4, -0.2) is 7.11 Å². The van der Waals surface area contributed by atoms with E-state index in [1.54, 1.807) is 7.11 Å². The summed E-state index contributed by atoms with van der Waals surface area (Å²) in [6.45, 7) is 0. The molecule has 0 bridgehead atoms. The first-order valence-electron chi connectivity index (χ1n) is 5.74. The highest BCUT2D eigenvalue weighted by Gasteiger charge is 2.18. The maximum absolute atomic E-state index is 6.02. The molecule has 1 aromatic carbocycles. The Morgan fingerprint density at radius 1 is 1.20 bits per heavy atom. The van der Waals surface area contributed by atoms with Gasteiger partial charge in [-0.05, 0) is 42.5 Å². The molecule has 1 saturated carbocycles. The van der Waals surface area contributed by atoms with Crippen molar-refractivity contribution in [3.63, 3.8) is 0 Å². The molecule has 0 heterocycles. The molecule has 0 unspecified atom stereocenters. The van der Waals surface area contributed by atoms with Crippen LogP contribution in [0.3, 0.4) is 0 Å². The summed E-state index contributed by atoms with van der Waals surface area (Å²) < 4.78 is 5.25. The fraction of sp³-hybridized carbons (Fsp3) is 0.538. The zero-order valence-electron chi connectivity index (χ0n) is 9.33. The van der Waals surface area contributed by atoms with Crippen LogP contribution in [0.4, 0.5) is 5.69 Å². The molecule has 2 nitrogen and oxygen atoms in total. The first kappa shape index (κ1) is 10.3. The van der Waals surface area contributed by atoms with Crippen molar-refractivity contribution < 1.29 is 4.74 Å². The molecule has 0 aromatic heterocycles. The Bertz CT molecular complexity index is 329. The van der Waals surface area contributed by atoms with Crippen molar-refractivity contribution in [2.75, 3.05) is 12.8 Å². The molecule has 0 spiro atoms. The van der Waals surface area contributed by atoms with Crippen molar-refractivity contribution in [1.29, 1.82) is 0 Å². The van der Waals surface area contributed by atoms with Crippen LogP contribution in [0.15, 0.2) is 18.2 Å². The smallest absolute Gasteiger partial charge is 0.119 e. The Hall–Kier alpha value is -1.18. The van der Waals surface area contributed by atoms with Crippen LogP contribution in [0.2, 0.25) is 0 Å². The summed E-state index contributed by atoms with van der Waals surface area (Å²) in [5.74, 6) is 1.57. The fourth-order valence-corrected chi connectivity index (χ4v) is 2.45. The molecule has 2 heteroatoms. The number of nitrogen functional groups attached to an aromatic ring is 1. The Morgan fingerprint density at radius 2 is 1.93 bits per heavy atom. The summed E-state index contributed by atoms with van der Waals surface area (Å²) in [5, 5.41) is 0. The van der Waals surface area contributed by atoms with Gasteiger partial charge in [-0.3, -0.25) is 0 Å². The zero-order chi connectivity index (χ0) is 10.7. The lowest BCUT2D eigenvalue weighted by Crippen LogP contribution is -2.07. The molecule has 0 saturated heterocycles. The van der Waals surface area contributed by atoms with Gasteiger partial charge in [-0.15, -0.1) is 0 Å². The summed E-state index contributed by atoms with van der Waals surface area (Å²) >= 11 is 0. The van der Waals surface area contributed by atoms with Gasteiger partial charge in [0.15, 0.2) is 0 Å². The van der Waals surface area contributed by atoms with Crippen molar-refractivity contribution in [3.05, 3.63) is 23.8 Å². The summed E-state index contributed by atoms with van der Waals surface area (Å²) in [6.07, 6.45) is 6.59. The molecule has 0 atom stereocenters. The van der Waals surface area contributed by atoms with Crippen LogP contribution >= 0.6 is 0 Å². The molecule has 15 heavy (non-hydrogen) atoms. The topological polar surface area (TPSA) is 35.2 Å². The number of methoxy groups -OCH3 is 1. The van der Waals surface area contributed by atoms with E-state index in [0.29, 0.717) is 5.92 Å². The van der Waals surface area contributed by atoms with E-state index >= 15 is 0 Å². The van der Waals surface area contributed by atoms with Crippen LogP contribution in [0.1, 0.15) is 43.6 Å². The van der Waals surface area contributed by atoms with Gasteiger partial charge >= 0.3 is 0 Å². The van der Waals surface area contributed by atoms with Crippen molar-refractivity contribution in [1.82, 2.24) is 0 Å². The van der Waals surface area contributed by atoms with Crippen LogP contribution in [0.25, 0.3) is 0 Å². The highest BCUT2D eigenvalue weighted by Crippen LogP contribution is 2.36. The van der Waals surface area contributed by atoms with Crippen LogP contribution in [0, 0.1) is 0 Å². The quantitative estimate of drug-likeness (QED) is 0.752. The van der Waals surface area contributed by atoms with Gasteiger partial charge in [0.05, 0.1) is 7.11 Å². The normalized spacial score (nSPS) is 17.7. The van der Waals surface area contributed by atoms with Crippen molar-refractivity contribution in [3.8, 4) is 5.75 Å². The molecule has 1 fully saturated rings. The molecular weight excluding hydrogens is 186 g/mol. The molecule has 0 radical (unpaired) electrons. The third kappa shape index (κ3) is 2.25.